The molecule has 4 atom stereocenters. The van der Waals surface area contributed by atoms with Crippen LogP contribution in [0.15, 0.2) is 48.4 Å². The zero-order valence-electron chi connectivity index (χ0n) is 18.7. The Kier molecular flexibility index (Phi) is 4.94. The largest absolute Gasteiger partial charge is 0.460 e. The number of piperidine rings is 1. The van der Waals surface area contributed by atoms with Gasteiger partial charge in [-0.15, -0.1) is 0 Å². The van der Waals surface area contributed by atoms with Gasteiger partial charge in [0.1, 0.15) is 11.7 Å². The molecule has 0 N–H and O–H groups in total. The van der Waals surface area contributed by atoms with Crippen LogP contribution in [0.2, 0.25) is 0 Å². The van der Waals surface area contributed by atoms with Crippen LogP contribution in [0.1, 0.15) is 24.0 Å². The first-order valence-corrected chi connectivity index (χ1v) is 11.0. The summed E-state index contributed by atoms with van der Waals surface area (Å²) in [6.45, 7) is 1.46. The molecule has 164 valence electrons. The Morgan fingerprint density at radius 2 is 2.10 bits per heavy atom. The molecule has 0 radical (unpaired) electrons. The van der Waals surface area contributed by atoms with E-state index in [0.29, 0.717) is 6.47 Å². The molecule has 1 fully saturated rings. The maximum Gasteiger partial charge on any atom is 0.293 e. The molecule has 0 amide bonds. The Bertz CT molecular complexity index is 1070. The van der Waals surface area contributed by atoms with Crippen molar-refractivity contribution in [3.63, 3.8) is 0 Å². The lowest BCUT2D eigenvalue weighted by atomic mass is 9.67. The SMILES string of the molecule is COC12C[C@@H](C(OC=O)C3=CN(C)C=CC3)CN(C)[C@@H]1Cc1cn(C)c3cccc2c13. The lowest BCUT2D eigenvalue weighted by Gasteiger charge is -2.54. The summed E-state index contributed by atoms with van der Waals surface area (Å²) in [4.78, 5) is 15.9. The van der Waals surface area contributed by atoms with Gasteiger partial charge < -0.3 is 18.9 Å². The third-order valence-electron chi connectivity index (χ3n) is 7.54. The van der Waals surface area contributed by atoms with E-state index in [0.717, 1.165) is 31.4 Å². The van der Waals surface area contributed by atoms with E-state index < -0.39 is 5.60 Å². The van der Waals surface area contributed by atoms with Gasteiger partial charge >= 0.3 is 0 Å². The summed E-state index contributed by atoms with van der Waals surface area (Å²) in [5.74, 6) is 0.137. The number of methoxy groups -OCH3 is 1. The smallest absolute Gasteiger partial charge is 0.293 e. The minimum atomic E-state index is -0.438. The van der Waals surface area contributed by atoms with Gasteiger partial charge in [0, 0.05) is 63.0 Å². The predicted octanol–water partition coefficient (Wildman–Crippen LogP) is 3.17. The van der Waals surface area contributed by atoms with Crippen LogP contribution in [0, 0.1) is 5.92 Å². The van der Waals surface area contributed by atoms with Gasteiger partial charge in [-0.1, -0.05) is 18.2 Å². The van der Waals surface area contributed by atoms with Crippen molar-refractivity contribution in [3.05, 3.63) is 59.6 Å². The monoisotopic (exact) mass is 421 g/mol. The summed E-state index contributed by atoms with van der Waals surface area (Å²) in [5, 5.41) is 1.32. The number of aryl methyl sites for hydroxylation is 1. The highest BCUT2D eigenvalue weighted by Gasteiger charge is 2.53. The molecule has 5 rings (SSSR count). The van der Waals surface area contributed by atoms with Gasteiger partial charge in [0.15, 0.2) is 0 Å². The van der Waals surface area contributed by atoms with Crippen molar-refractivity contribution in [3.8, 4) is 0 Å². The number of allylic oxidation sites excluding steroid dienone is 1. The van der Waals surface area contributed by atoms with Crippen molar-refractivity contribution in [2.45, 2.75) is 37.0 Å². The Balaban J connectivity index is 1.60. The van der Waals surface area contributed by atoms with E-state index >= 15 is 0 Å². The molecule has 1 aliphatic carbocycles. The van der Waals surface area contributed by atoms with Crippen LogP contribution in [0.3, 0.4) is 0 Å². The van der Waals surface area contributed by atoms with Crippen molar-refractivity contribution in [2.75, 3.05) is 27.7 Å². The summed E-state index contributed by atoms with van der Waals surface area (Å²) in [5.41, 5.74) is 4.59. The minimum Gasteiger partial charge on any atom is -0.460 e. The third kappa shape index (κ3) is 3.04. The van der Waals surface area contributed by atoms with Gasteiger partial charge in [-0.05, 0) is 55.3 Å². The fourth-order valence-corrected chi connectivity index (χ4v) is 6.30. The van der Waals surface area contributed by atoms with Crippen LogP contribution in [-0.2, 0) is 33.3 Å². The maximum absolute atomic E-state index is 11.5. The van der Waals surface area contributed by atoms with E-state index in [-0.39, 0.29) is 18.1 Å². The van der Waals surface area contributed by atoms with Crippen LogP contribution < -0.4 is 0 Å². The molecular weight excluding hydrogens is 390 g/mol. The van der Waals surface area contributed by atoms with Crippen LogP contribution in [-0.4, -0.2) is 60.7 Å². The molecule has 6 nitrogen and oxygen atoms in total. The molecule has 1 aromatic heterocycles. The average molecular weight is 422 g/mol. The molecule has 0 bridgehead atoms. The van der Waals surface area contributed by atoms with Gasteiger partial charge in [-0.3, -0.25) is 9.69 Å². The van der Waals surface area contributed by atoms with Crippen molar-refractivity contribution in [1.82, 2.24) is 14.4 Å². The Morgan fingerprint density at radius 1 is 1.26 bits per heavy atom. The maximum atomic E-state index is 11.5. The minimum absolute atomic E-state index is 0.137. The van der Waals surface area contributed by atoms with Gasteiger partial charge in [-0.25, -0.2) is 0 Å². The molecule has 31 heavy (non-hydrogen) atoms. The van der Waals surface area contributed by atoms with E-state index in [4.69, 9.17) is 9.47 Å². The van der Waals surface area contributed by atoms with Crippen molar-refractivity contribution >= 4 is 17.4 Å². The number of carbonyl (C=O) groups excluding carboxylic acids is 1. The number of hydrogen-bond acceptors (Lipinski definition) is 5. The van der Waals surface area contributed by atoms with Gasteiger partial charge in [0.2, 0.25) is 0 Å². The molecule has 6 heteroatoms. The number of fused-ring (bicyclic) bond motifs is 2. The predicted molar refractivity (Wildman–Crippen MR) is 120 cm³/mol. The molecule has 1 saturated heterocycles. The average Bonchev–Trinajstić information content (AvgIpc) is 3.09. The first-order chi connectivity index (χ1) is 15.0. The molecule has 3 heterocycles. The highest BCUT2D eigenvalue weighted by atomic mass is 16.5. The molecule has 0 spiro atoms. The summed E-state index contributed by atoms with van der Waals surface area (Å²) < 4.78 is 14.4. The Hall–Kier alpha value is -2.57. The molecular formula is C25H31N3O3. The van der Waals surface area contributed by atoms with Gasteiger partial charge in [-0.2, -0.15) is 0 Å². The van der Waals surface area contributed by atoms with E-state index in [2.05, 4.69) is 60.2 Å². The second-order valence-electron chi connectivity index (χ2n) is 9.29. The van der Waals surface area contributed by atoms with Crippen LogP contribution in [0.5, 0.6) is 0 Å². The zero-order valence-corrected chi connectivity index (χ0v) is 18.7. The Labute approximate surface area is 183 Å². The number of carbonyl (C=O) groups is 1. The van der Waals surface area contributed by atoms with Gasteiger partial charge in [0.25, 0.3) is 6.47 Å². The van der Waals surface area contributed by atoms with Crippen molar-refractivity contribution in [1.29, 1.82) is 0 Å². The molecule has 3 aliphatic rings. The number of ether oxygens (including phenoxy) is 2. The number of likely N-dealkylation sites (tertiary alicyclic amines) is 1. The molecule has 2 aliphatic heterocycles. The summed E-state index contributed by atoms with van der Waals surface area (Å²) in [7, 11) is 8.13. The second kappa shape index (κ2) is 7.53. The summed E-state index contributed by atoms with van der Waals surface area (Å²) in [6.07, 6.45) is 10.8. The van der Waals surface area contributed by atoms with Crippen LogP contribution >= 0.6 is 0 Å². The number of hydrogen-bond donors (Lipinski definition) is 0. The van der Waals surface area contributed by atoms with Crippen molar-refractivity contribution < 1.29 is 14.3 Å². The lowest BCUT2D eigenvalue weighted by molar-refractivity contribution is -0.152. The number of benzene rings is 1. The van der Waals surface area contributed by atoms with Gasteiger partial charge in [0.05, 0.1) is 0 Å². The standard InChI is InChI=1S/C25H31N3O3/c1-26-10-6-7-17(13-26)24(31-16-29)19-12-25(30-4)20-8-5-9-21-23(20)18(14-27(21)2)11-22(25)28(3)15-19/h5-6,8-10,13-14,16,19,22,24H,7,11-12,15H2,1-4H3/t19-,22-,24?,25?/m1/s1. The molecule has 2 aromatic rings. The van der Waals surface area contributed by atoms with E-state index in [9.17, 15) is 4.79 Å². The second-order valence-corrected chi connectivity index (χ2v) is 9.29. The zero-order chi connectivity index (χ0) is 21.8. The molecule has 2 unspecified atom stereocenters. The number of nitrogens with zero attached hydrogens (tertiary/aromatic N) is 3. The van der Waals surface area contributed by atoms with E-state index in [1.54, 1.807) is 0 Å². The van der Waals surface area contributed by atoms with E-state index in [1.807, 2.05) is 25.3 Å². The van der Waals surface area contributed by atoms with Crippen LogP contribution in [0.4, 0.5) is 0 Å². The first kappa shape index (κ1) is 20.3. The molecule has 1 aromatic carbocycles. The number of aromatic nitrogens is 1. The third-order valence-corrected chi connectivity index (χ3v) is 7.54. The topological polar surface area (TPSA) is 46.9 Å². The first-order valence-electron chi connectivity index (χ1n) is 11.0. The summed E-state index contributed by atoms with van der Waals surface area (Å²) in [6, 6.07) is 6.79. The van der Waals surface area contributed by atoms with E-state index in [1.165, 1.54) is 22.0 Å². The Morgan fingerprint density at radius 3 is 2.84 bits per heavy atom. The lowest BCUT2D eigenvalue weighted by Crippen LogP contribution is -2.61. The quantitative estimate of drug-likeness (QED) is 0.694. The van der Waals surface area contributed by atoms with Crippen molar-refractivity contribution in [2.24, 2.45) is 13.0 Å². The highest BCUT2D eigenvalue weighted by molar-refractivity contribution is 5.89. The fourth-order valence-electron chi connectivity index (χ4n) is 6.30. The number of likely N-dealkylation sites (N-methyl/N-ethyl adjacent to an activating group) is 1. The molecule has 0 saturated carbocycles. The number of rotatable bonds is 5. The highest BCUT2D eigenvalue weighted by Crippen LogP contribution is 2.51. The normalized spacial score (nSPS) is 28.9. The summed E-state index contributed by atoms with van der Waals surface area (Å²) >= 11 is 0. The van der Waals surface area contributed by atoms with Crippen LogP contribution in [0.25, 0.3) is 10.9 Å². The fraction of sp³-hybridized carbons (Fsp3) is 0.480.